The van der Waals surface area contributed by atoms with Crippen LogP contribution in [0.2, 0.25) is 0 Å². The van der Waals surface area contributed by atoms with Gasteiger partial charge in [-0.05, 0) is 42.9 Å². The van der Waals surface area contributed by atoms with E-state index in [-0.39, 0.29) is 0 Å². The van der Waals surface area contributed by atoms with E-state index in [1.54, 1.807) is 0 Å². The van der Waals surface area contributed by atoms with Crippen LogP contribution in [0, 0.1) is 11.8 Å². The zero-order chi connectivity index (χ0) is 14.5. The first-order chi connectivity index (χ1) is 9.67. The Morgan fingerprint density at radius 1 is 1.20 bits per heavy atom. The molecule has 112 valence electrons. The normalized spacial score (nSPS) is 24.7. The van der Waals surface area contributed by atoms with Crippen LogP contribution in [-0.2, 0) is 0 Å². The zero-order valence-corrected chi connectivity index (χ0v) is 13.5. The van der Waals surface area contributed by atoms with E-state index in [9.17, 15) is 0 Å². The van der Waals surface area contributed by atoms with Crippen LogP contribution in [0.1, 0.15) is 52.1 Å². The van der Waals surface area contributed by atoms with E-state index >= 15 is 0 Å². The number of piperidine rings is 1. The summed E-state index contributed by atoms with van der Waals surface area (Å²) < 4.78 is 0. The molecule has 1 heterocycles. The first-order valence-electron chi connectivity index (χ1n) is 8.24. The number of benzene rings is 1. The van der Waals surface area contributed by atoms with Crippen LogP contribution in [0.15, 0.2) is 24.3 Å². The first-order valence-corrected chi connectivity index (χ1v) is 8.24. The molecule has 0 amide bonds. The molecular formula is C18H30N2. The minimum Gasteiger partial charge on any atom is -0.371 e. The van der Waals surface area contributed by atoms with E-state index in [4.69, 9.17) is 0 Å². The Kier molecular flexibility index (Phi) is 5.47. The lowest BCUT2D eigenvalue weighted by Crippen LogP contribution is -2.39. The van der Waals surface area contributed by atoms with Gasteiger partial charge in [-0.3, -0.25) is 0 Å². The molecule has 0 aliphatic carbocycles. The van der Waals surface area contributed by atoms with Gasteiger partial charge in [0.15, 0.2) is 0 Å². The van der Waals surface area contributed by atoms with E-state index in [0.717, 1.165) is 24.8 Å². The number of hydrogen-bond donors (Lipinski definition) is 1. The number of rotatable bonds is 5. The molecule has 1 saturated heterocycles. The smallest absolute Gasteiger partial charge is 0.0414 e. The summed E-state index contributed by atoms with van der Waals surface area (Å²) in [5.74, 6) is 1.64. The minimum absolute atomic E-state index is 0.478. The van der Waals surface area contributed by atoms with E-state index in [0.29, 0.717) is 6.04 Å². The fraction of sp³-hybridized carbons (Fsp3) is 0.667. The molecule has 1 N–H and O–H groups in total. The van der Waals surface area contributed by atoms with Gasteiger partial charge in [-0.25, -0.2) is 0 Å². The van der Waals surface area contributed by atoms with E-state index < -0.39 is 0 Å². The van der Waals surface area contributed by atoms with Crippen molar-refractivity contribution in [2.45, 2.75) is 46.6 Å². The Labute approximate surface area is 124 Å². The Hall–Kier alpha value is -1.02. The van der Waals surface area contributed by atoms with E-state index in [1.165, 1.54) is 30.8 Å². The molecule has 2 heteroatoms. The lowest BCUT2D eigenvalue weighted by atomic mass is 9.88. The second-order valence-corrected chi connectivity index (χ2v) is 6.27. The maximum absolute atomic E-state index is 3.62. The molecule has 3 atom stereocenters. The van der Waals surface area contributed by atoms with Crippen molar-refractivity contribution < 1.29 is 0 Å². The van der Waals surface area contributed by atoms with Crippen LogP contribution in [-0.4, -0.2) is 19.6 Å². The largest absolute Gasteiger partial charge is 0.371 e. The van der Waals surface area contributed by atoms with Crippen molar-refractivity contribution in [2.75, 3.05) is 24.5 Å². The van der Waals surface area contributed by atoms with Crippen LogP contribution in [0.4, 0.5) is 5.69 Å². The maximum atomic E-state index is 3.62. The summed E-state index contributed by atoms with van der Waals surface area (Å²) in [6, 6.07) is 9.44. The molecule has 0 spiro atoms. The molecule has 0 aromatic heterocycles. The molecule has 1 aliphatic heterocycles. The summed E-state index contributed by atoms with van der Waals surface area (Å²) >= 11 is 0. The fourth-order valence-electron chi connectivity index (χ4n) is 3.27. The Bertz CT molecular complexity index is 416. The van der Waals surface area contributed by atoms with Crippen molar-refractivity contribution in [3.8, 4) is 0 Å². The van der Waals surface area contributed by atoms with E-state index in [1.807, 2.05) is 0 Å². The standard InChI is InChI=1S/C18H30N2/c1-5-17(19-6-2)16-9-7-8-10-18(16)20-12-11-14(3)15(4)13-20/h7-10,14-15,17,19H,5-6,11-13H2,1-4H3. The first kappa shape index (κ1) is 15.4. The van der Waals surface area contributed by atoms with Crippen LogP contribution in [0.25, 0.3) is 0 Å². The number of anilines is 1. The highest BCUT2D eigenvalue weighted by Gasteiger charge is 2.25. The van der Waals surface area contributed by atoms with Gasteiger partial charge < -0.3 is 10.2 Å². The quantitative estimate of drug-likeness (QED) is 0.864. The highest BCUT2D eigenvalue weighted by molar-refractivity contribution is 5.55. The van der Waals surface area contributed by atoms with Gasteiger partial charge in [0.1, 0.15) is 0 Å². The van der Waals surface area contributed by atoms with Gasteiger partial charge in [0.25, 0.3) is 0 Å². The highest BCUT2D eigenvalue weighted by Crippen LogP contribution is 2.32. The van der Waals surface area contributed by atoms with Crippen molar-refractivity contribution in [2.24, 2.45) is 11.8 Å². The predicted octanol–water partition coefficient (Wildman–Crippen LogP) is 4.23. The van der Waals surface area contributed by atoms with Crippen LogP contribution >= 0.6 is 0 Å². The Balaban J connectivity index is 2.23. The molecule has 1 aliphatic rings. The number of nitrogens with zero attached hydrogens (tertiary/aromatic N) is 1. The average molecular weight is 274 g/mol. The molecular weight excluding hydrogens is 244 g/mol. The number of para-hydroxylation sites is 1. The molecule has 3 unspecified atom stereocenters. The summed E-state index contributed by atoms with van der Waals surface area (Å²) in [7, 11) is 0. The second-order valence-electron chi connectivity index (χ2n) is 6.27. The Morgan fingerprint density at radius 2 is 1.95 bits per heavy atom. The van der Waals surface area contributed by atoms with Gasteiger partial charge in [0.05, 0.1) is 0 Å². The number of nitrogens with one attached hydrogen (secondary N) is 1. The SMILES string of the molecule is CCNC(CC)c1ccccc1N1CCC(C)C(C)C1. The zero-order valence-electron chi connectivity index (χ0n) is 13.5. The topological polar surface area (TPSA) is 15.3 Å². The summed E-state index contributed by atoms with van der Waals surface area (Å²) in [6.07, 6.45) is 2.46. The van der Waals surface area contributed by atoms with Crippen molar-refractivity contribution in [3.05, 3.63) is 29.8 Å². The van der Waals surface area contributed by atoms with Gasteiger partial charge >= 0.3 is 0 Å². The van der Waals surface area contributed by atoms with Crippen molar-refractivity contribution in [1.29, 1.82) is 0 Å². The molecule has 0 radical (unpaired) electrons. The second kappa shape index (κ2) is 7.12. The predicted molar refractivity (Wildman–Crippen MR) is 88.3 cm³/mol. The molecule has 1 aromatic carbocycles. The lowest BCUT2D eigenvalue weighted by Gasteiger charge is -2.38. The lowest BCUT2D eigenvalue weighted by molar-refractivity contribution is 0.323. The fourth-order valence-corrected chi connectivity index (χ4v) is 3.27. The summed E-state index contributed by atoms with van der Waals surface area (Å²) in [4.78, 5) is 2.60. The van der Waals surface area contributed by atoms with Crippen molar-refractivity contribution in [3.63, 3.8) is 0 Å². The third kappa shape index (κ3) is 3.35. The molecule has 1 fully saturated rings. The average Bonchev–Trinajstić information content (AvgIpc) is 2.48. The summed E-state index contributed by atoms with van der Waals surface area (Å²) in [5, 5.41) is 3.62. The molecule has 2 rings (SSSR count). The number of hydrogen-bond acceptors (Lipinski definition) is 2. The molecule has 20 heavy (non-hydrogen) atoms. The molecule has 1 aromatic rings. The minimum atomic E-state index is 0.478. The van der Waals surface area contributed by atoms with Crippen molar-refractivity contribution >= 4 is 5.69 Å². The van der Waals surface area contributed by atoms with Crippen molar-refractivity contribution in [1.82, 2.24) is 5.32 Å². The molecule has 0 bridgehead atoms. The monoisotopic (exact) mass is 274 g/mol. The van der Waals surface area contributed by atoms with Gasteiger partial charge in [-0.1, -0.05) is 45.9 Å². The molecule has 0 saturated carbocycles. The maximum Gasteiger partial charge on any atom is 0.0414 e. The van der Waals surface area contributed by atoms with Crippen LogP contribution in [0.3, 0.4) is 0 Å². The summed E-state index contributed by atoms with van der Waals surface area (Å²) in [6.45, 7) is 12.7. The highest BCUT2D eigenvalue weighted by atomic mass is 15.1. The van der Waals surface area contributed by atoms with Crippen LogP contribution in [0.5, 0.6) is 0 Å². The molecule has 2 nitrogen and oxygen atoms in total. The Morgan fingerprint density at radius 3 is 2.60 bits per heavy atom. The van der Waals surface area contributed by atoms with Gasteiger partial charge in [0, 0.05) is 24.8 Å². The van der Waals surface area contributed by atoms with Gasteiger partial charge in [-0.2, -0.15) is 0 Å². The third-order valence-electron chi connectivity index (χ3n) is 4.85. The van der Waals surface area contributed by atoms with E-state index in [2.05, 4.69) is 62.2 Å². The summed E-state index contributed by atoms with van der Waals surface area (Å²) in [5.41, 5.74) is 2.91. The van der Waals surface area contributed by atoms with Crippen LogP contribution < -0.4 is 10.2 Å². The van der Waals surface area contributed by atoms with Gasteiger partial charge in [0.2, 0.25) is 0 Å². The van der Waals surface area contributed by atoms with Gasteiger partial charge in [-0.15, -0.1) is 0 Å². The third-order valence-corrected chi connectivity index (χ3v) is 4.85.